The van der Waals surface area contributed by atoms with Crippen LogP contribution in [0.25, 0.3) is 0 Å². The average Bonchev–Trinajstić information content (AvgIpc) is 2.49. The molecule has 0 fully saturated rings. The summed E-state index contributed by atoms with van der Waals surface area (Å²) in [5.41, 5.74) is -0.0787. The summed E-state index contributed by atoms with van der Waals surface area (Å²) in [6.07, 6.45) is 0. The molecule has 0 heterocycles. The van der Waals surface area contributed by atoms with Crippen LogP contribution in [-0.4, -0.2) is 19.9 Å². The quantitative estimate of drug-likeness (QED) is 0.619. The zero-order chi connectivity index (χ0) is 17.2. The monoisotopic (exact) mass is 338 g/mol. The number of hydrogen-bond acceptors (Lipinski definition) is 4. The molecule has 2 aromatic carbocycles. The maximum atomic E-state index is 14.0. The summed E-state index contributed by atoms with van der Waals surface area (Å²) in [6.45, 7) is 3.09. The fourth-order valence-electron chi connectivity index (χ4n) is 2.22. The zero-order valence-electron chi connectivity index (χ0n) is 12.6. The molecular formula is C15H15FN2O4S. The zero-order valence-corrected chi connectivity index (χ0v) is 13.4. The van der Waals surface area contributed by atoms with Crippen LogP contribution in [0.2, 0.25) is 0 Å². The number of rotatable bonds is 5. The molecule has 0 N–H and O–H groups in total. The number of non-ortho nitro benzene ring substituents is 1. The van der Waals surface area contributed by atoms with Gasteiger partial charge in [-0.15, -0.1) is 0 Å². The van der Waals surface area contributed by atoms with E-state index in [9.17, 15) is 22.9 Å². The van der Waals surface area contributed by atoms with Crippen LogP contribution in [0, 0.1) is 22.9 Å². The molecule has 0 unspecified atom stereocenters. The fourth-order valence-corrected chi connectivity index (χ4v) is 3.95. The topological polar surface area (TPSA) is 80.5 Å². The standard InChI is InChI=1S/C15H15FN2O4S/c1-3-17(14-7-5-4-6-13(14)16)23(21,22)15-10-12(18(19)20)9-8-11(15)2/h4-10H,3H2,1-2H3. The van der Waals surface area contributed by atoms with Gasteiger partial charge in [0, 0.05) is 18.7 Å². The van der Waals surface area contributed by atoms with Crippen molar-refractivity contribution in [2.45, 2.75) is 18.7 Å². The molecular weight excluding hydrogens is 323 g/mol. The first kappa shape index (κ1) is 16.9. The van der Waals surface area contributed by atoms with Crippen molar-refractivity contribution in [2.75, 3.05) is 10.8 Å². The van der Waals surface area contributed by atoms with Gasteiger partial charge in [-0.2, -0.15) is 0 Å². The van der Waals surface area contributed by atoms with Gasteiger partial charge in [-0.25, -0.2) is 12.8 Å². The first-order valence-corrected chi connectivity index (χ1v) is 8.25. The van der Waals surface area contributed by atoms with Crippen LogP contribution in [-0.2, 0) is 10.0 Å². The number of halogens is 1. The number of nitro benzene ring substituents is 1. The van der Waals surface area contributed by atoms with Crippen molar-refractivity contribution in [1.82, 2.24) is 0 Å². The van der Waals surface area contributed by atoms with E-state index in [0.29, 0.717) is 5.56 Å². The summed E-state index contributed by atoms with van der Waals surface area (Å²) in [4.78, 5) is 10.0. The number of sulfonamides is 1. The smallest absolute Gasteiger partial charge is 0.264 e. The molecule has 2 aromatic rings. The number of benzene rings is 2. The van der Waals surface area contributed by atoms with Crippen LogP contribution in [0.1, 0.15) is 12.5 Å². The molecule has 0 radical (unpaired) electrons. The molecule has 2 rings (SSSR count). The van der Waals surface area contributed by atoms with E-state index in [4.69, 9.17) is 0 Å². The Bertz CT molecular complexity index is 852. The molecule has 6 nitrogen and oxygen atoms in total. The SMILES string of the molecule is CCN(c1ccccc1F)S(=O)(=O)c1cc([N+](=O)[O-])ccc1C. The summed E-state index contributed by atoms with van der Waals surface area (Å²) < 4.78 is 40.6. The van der Waals surface area contributed by atoms with Crippen LogP contribution in [0.3, 0.4) is 0 Å². The first-order chi connectivity index (χ1) is 10.8. The molecule has 0 saturated carbocycles. The van der Waals surface area contributed by atoms with Crippen molar-refractivity contribution in [3.8, 4) is 0 Å². The lowest BCUT2D eigenvalue weighted by Crippen LogP contribution is -2.32. The molecule has 8 heteroatoms. The van der Waals surface area contributed by atoms with Gasteiger partial charge >= 0.3 is 0 Å². The lowest BCUT2D eigenvalue weighted by Gasteiger charge is -2.24. The van der Waals surface area contributed by atoms with E-state index in [2.05, 4.69) is 0 Å². The minimum absolute atomic E-state index is 0.00853. The highest BCUT2D eigenvalue weighted by molar-refractivity contribution is 7.92. The molecule has 0 saturated heterocycles. The molecule has 0 spiro atoms. The second-order valence-electron chi connectivity index (χ2n) is 4.83. The summed E-state index contributed by atoms with van der Waals surface area (Å²) in [6, 6.07) is 9.08. The maximum absolute atomic E-state index is 14.0. The molecule has 23 heavy (non-hydrogen) atoms. The Balaban J connectivity index is 2.63. The predicted molar refractivity (Wildman–Crippen MR) is 84.4 cm³/mol. The summed E-state index contributed by atoms with van der Waals surface area (Å²) in [7, 11) is -4.12. The lowest BCUT2D eigenvalue weighted by molar-refractivity contribution is -0.385. The third-order valence-corrected chi connectivity index (χ3v) is 5.39. The van der Waals surface area contributed by atoms with Gasteiger partial charge in [0.25, 0.3) is 15.7 Å². The molecule has 0 amide bonds. The predicted octanol–water partition coefficient (Wildman–Crippen LogP) is 3.26. The highest BCUT2D eigenvalue weighted by Gasteiger charge is 2.28. The van der Waals surface area contributed by atoms with Crippen LogP contribution >= 0.6 is 0 Å². The Morgan fingerprint density at radius 3 is 2.43 bits per heavy atom. The van der Waals surface area contributed by atoms with E-state index in [-0.39, 0.29) is 22.8 Å². The minimum atomic E-state index is -4.12. The molecule has 0 aliphatic carbocycles. The summed E-state index contributed by atoms with van der Waals surface area (Å²) in [5.74, 6) is -0.680. The van der Waals surface area contributed by atoms with Crippen LogP contribution in [0.5, 0.6) is 0 Å². The number of aryl methyl sites for hydroxylation is 1. The Morgan fingerprint density at radius 2 is 1.87 bits per heavy atom. The van der Waals surface area contributed by atoms with E-state index < -0.39 is 20.8 Å². The Labute approximate surface area is 133 Å². The normalized spacial score (nSPS) is 11.3. The third kappa shape index (κ3) is 3.16. The van der Waals surface area contributed by atoms with Crippen LogP contribution in [0.15, 0.2) is 47.4 Å². The maximum Gasteiger partial charge on any atom is 0.270 e. The van der Waals surface area contributed by atoms with Crippen molar-refractivity contribution in [3.05, 3.63) is 64.0 Å². The Morgan fingerprint density at radius 1 is 1.22 bits per heavy atom. The second kappa shape index (κ2) is 6.33. The van der Waals surface area contributed by atoms with Crippen molar-refractivity contribution in [2.24, 2.45) is 0 Å². The summed E-state index contributed by atoms with van der Waals surface area (Å²) >= 11 is 0. The van der Waals surface area contributed by atoms with E-state index >= 15 is 0 Å². The van der Waals surface area contributed by atoms with Crippen molar-refractivity contribution in [3.63, 3.8) is 0 Å². The van der Waals surface area contributed by atoms with E-state index in [1.807, 2.05) is 0 Å². The number of nitro groups is 1. The second-order valence-corrected chi connectivity index (χ2v) is 6.66. The van der Waals surface area contributed by atoms with Gasteiger partial charge in [-0.3, -0.25) is 14.4 Å². The fraction of sp³-hybridized carbons (Fsp3) is 0.200. The van der Waals surface area contributed by atoms with Gasteiger partial charge < -0.3 is 0 Å². The van der Waals surface area contributed by atoms with Gasteiger partial charge in [0.2, 0.25) is 0 Å². The van der Waals surface area contributed by atoms with Crippen molar-refractivity contribution >= 4 is 21.4 Å². The van der Waals surface area contributed by atoms with Gasteiger partial charge in [0.05, 0.1) is 15.5 Å². The minimum Gasteiger partial charge on any atom is -0.264 e. The number of anilines is 1. The Kier molecular flexibility index (Phi) is 4.65. The van der Waals surface area contributed by atoms with Crippen LogP contribution < -0.4 is 4.31 Å². The largest absolute Gasteiger partial charge is 0.270 e. The number of para-hydroxylation sites is 1. The number of nitrogens with zero attached hydrogens (tertiary/aromatic N) is 2. The first-order valence-electron chi connectivity index (χ1n) is 6.81. The Hall–Kier alpha value is -2.48. The molecule has 0 aromatic heterocycles. The molecule has 122 valence electrons. The highest BCUT2D eigenvalue weighted by atomic mass is 32.2. The molecule has 0 aliphatic rings. The van der Waals surface area contributed by atoms with Crippen molar-refractivity contribution < 1.29 is 17.7 Å². The molecule has 0 bridgehead atoms. The average molecular weight is 338 g/mol. The molecule has 0 aliphatic heterocycles. The summed E-state index contributed by atoms with van der Waals surface area (Å²) in [5, 5.41) is 10.9. The highest BCUT2D eigenvalue weighted by Crippen LogP contribution is 2.29. The van der Waals surface area contributed by atoms with E-state index in [1.165, 1.54) is 37.3 Å². The van der Waals surface area contributed by atoms with Gasteiger partial charge in [0.1, 0.15) is 5.82 Å². The van der Waals surface area contributed by atoms with Crippen LogP contribution in [0.4, 0.5) is 15.8 Å². The van der Waals surface area contributed by atoms with E-state index in [0.717, 1.165) is 16.4 Å². The lowest BCUT2D eigenvalue weighted by atomic mass is 10.2. The van der Waals surface area contributed by atoms with Crippen molar-refractivity contribution in [1.29, 1.82) is 0 Å². The number of hydrogen-bond donors (Lipinski definition) is 0. The molecule has 0 atom stereocenters. The van der Waals surface area contributed by atoms with E-state index in [1.54, 1.807) is 6.92 Å². The van der Waals surface area contributed by atoms with Gasteiger partial charge in [0.15, 0.2) is 0 Å². The van der Waals surface area contributed by atoms with Gasteiger partial charge in [-0.1, -0.05) is 18.2 Å². The van der Waals surface area contributed by atoms with Gasteiger partial charge in [-0.05, 0) is 31.5 Å². The third-order valence-electron chi connectivity index (χ3n) is 3.36.